The number of carbonyl (C=O) groups is 1. The number of hydrogen-bond donors (Lipinski definition) is 1. The Kier molecular flexibility index (Phi) is 3.55. The highest BCUT2D eigenvalue weighted by molar-refractivity contribution is 5.88. The lowest BCUT2D eigenvalue weighted by molar-refractivity contribution is 0.0697. The summed E-state index contributed by atoms with van der Waals surface area (Å²) in [7, 11) is 0. The Balaban J connectivity index is 1.96. The van der Waals surface area contributed by atoms with Crippen LogP contribution in [0.2, 0.25) is 0 Å². The Bertz CT molecular complexity index is 826. The molecule has 0 aliphatic carbocycles. The number of carboxylic acid groups (broad SMARTS) is 1. The van der Waals surface area contributed by atoms with Gasteiger partial charge in [0, 0.05) is 5.56 Å². The normalized spacial score (nSPS) is 10.6. The maximum Gasteiger partial charge on any atom is 0.335 e. The second kappa shape index (κ2) is 5.53. The highest BCUT2D eigenvalue weighted by Crippen LogP contribution is 2.29. The zero-order valence-electron chi connectivity index (χ0n) is 12.5. The second-order valence-corrected chi connectivity index (χ2v) is 5.32. The molecule has 0 saturated heterocycles. The number of furan rings is 1. The summed E-state index contributed by atoms with van der Waals surface area (Å²) in [4.78, 5) is 10.9. The Morgan fingerprint density at radius 1 is 0.909 bits per heavy atom. The molecular weight excluding hydrogens is 276 g/mol. The predicted octanol–water partition coefficient (Wildman–Crippen LogP) is 4.93. The van der Waals surface area contributed by atoms with E-state index in [0.717, 1.165) is 33.8 Å². The van der Waals surface area contributed by atoms with E-state index >= 15 is 0 Å². The van der Waals surface area contributed by atoms with Gasteiger partial charge >= 0.3 is 5.97 Å². The average Bonchev–Trinajstić information content (AvgIpc) is 2.94. The SMILES string of the molecule is Cc1ccc(-c2ccc(-c3ccc(C(=O)O)cc3)c(C)c2)o1. The molecule has 3 aromatic rings. The van der Waals surface area contributed by atoms with Crippen molar-refractivity contribution in [3.8, 4) is 22.5 Å². The maximum atomic E-state index is 10.9. The molecule has 0 amide bonds. The molecule has 22 heavy (non-hydrogen) atoms. The first-order chi connectivity index (χ1) is 10.5. The van der Waals surface area contributed by atoms with Crippen molar-refractivity contribution in [1.82, 2.24) is 0 Å². The van der Waals surface area contributed by atoms with Crippen LogP contribution in [0.3, 0.4) is 0 Å². The lowest BCUT2D eigenvalue weighted by Crippen LogP contribution is -1.95. The number of aryl methyl sites for hydroxylation is 2. The summed E-state index contributed by atoms with van der Waals surface area (Å²) >= 11 is 0. The molecule has 0 atom stereocenters. The van der Waals surface area contributed by atoms with Crippen molar-refractivity contribution in [2.24, 2.45) is 0 Å². The van der Waals surface area contributed by atoms with Crippen molar-refractivity contribution in [2.45, 2.75) is 13.8 Å². The van der Waals surface area contributed by atoms with Crippen LogP contribution in [-0.2, 0) is 0 Å². The van der Waals surface area contributed by atoms with Gasteiger partial charge in [-0.1, -0.05) is 24.3 Å². The Labute approximate surface area is 128 Å². The van der Waals surface area contributed by atoms with Crippen LogP contribution in [-0.4, -0.2) is 11.1 Å². The fourth-order valence-corrected chi connectivity index (χ4v) is 2.52. The minimum atomic E-state index is -0.910. The Morgan fingerprint density at radius 2 is 1.59 bits per heavy atom. The van der Waals surface area contributed by atoms with Crippen LogP contribution < -0.4 is 0 Å². The first-order valence-corrected chi connectivity index (χ1v) is 7.06. The van der Waals surface area contributed by atoms with Gasteiger partial charge in [-0.05, 0) is 60.9 Å². The van der Waals surface area contributed by atoms with E-state index in [-0.39, 0.29) is 0 Å². The summed E-state index contributed by atoms with van der Waals surface area (Å²) in [5.41, 5.74) is 4.55. The van der Waals surface area contributed by atoms with Crippen LogP contribution >= 0.6 is 0 Å². The molecule has 0 fully saturated rings. The monoisotopic (exact) mass is 292 g/mol. The van der Waals surface area contributed by atoms with Crippen molar-refractivity contribution in [2.75, 3.05) is 0 Å². The van der Waals surface area contributed by atoms with Crippen LogP contribution in [0.1, 0.15) is 21.7 Å². The van der Waals surface area contributed by atoms with Gasteiger partial charge in [0.1, 0.15) is 11.5 Å². The Hall–Kier alpha value is -2.81. The fourth-order valence-electron chi connectivity index (χ4n) is 2.52. The summed E-state index contributed by atoms with van der Waals surface area (Å²) in [6.45, 7) is 3.97. The summed E-state index contributed by atoms with van der Waals surface area (Å²) in [5.74, 6) is 0.834. The van der Waals surface area contributed by atoms with Gasteiger partial charge in [0.05, 0.1) is 5.56 Å². The van der Waals surface area contributed by atoms with Gasteiger partial charge in [-0.3, -0.25) is 0 Å². The zero-order valence-corrected chi connectivity index (χ0v) is 12.5. The van der Waals surface area contributed by atoms with E-state index in [2.05, 4.69) is 6.07 Å². The van der Waals surface area contributed by atoms with E-state index in [0.29, 0.717) is 5.56 Å². The van der Waals surface area contributed by atoms with E-state index in [9.17, 15) is 4.79 Å². The molecule has 0 saturated carbocycles. The van der Waals surface area contributed by atoms with Gasteiger partial charge in [0.25, 0.3) is 0 Å². The molecule has 0 aliphatic rings. The minimum absolute atomic E-state index is 0.295. The summed E-state index contributed by atoms with van der Waals surface area (Å²) in [5, 5.41) is 8.95. The number of carboxylic acids is 1. The van der Waals surface area contributed by atoms with Crippen molar-refractivity contribution in [3.05, 3.63) is 71.5 Å². The van der Waals surface area contributed by atoms with Crippen molar-refractivity contribution in [1.29, 1.82) is 0 Å². The molecular formula is C19H16O3. The van der Waals surface area contributed by atoms with Gasteiger partial charge in [-0.2, -0.15) is 0 Å². The van der Waals surface area contributed by atoms with Crippen LogP contribution in [0.25, 0.3) is 22.5 Å². The average molecular weight is 292 g/mol. The van der Waals surface area contributed by atoms with Gasteiger partial charge in [-0.15, -0.1) is 0 Å². The van der Waals surface area contributed by atoms with E-state index in [4.69, 9.17) is 9.52 Å². The van der Waals surface area contributed by atoms with E-state index < -0.39 is 5.97 Å². The first kappa shape index (κ1) is 14.1. The number of hydrogen-bond acceptors (Lipinski definition) is 2. The molecule has 1 heterocycles. The number of rotatable bonds is 3. The summed E-state index contributed by atoms with van der Waals surface area (Å²) < 4.78 is 5.65. The lowest BCUT2D eigenvalue weighted by atomic mass is 9.97. The number of aromatic carboxylic acids is 1. The highest BCUT2D eigenvalue weighted by Gasteiger charge is 2.08. The largest absolute Gasteiger partial charge is 0.478 e. The summed E-state index contributed by atoms with van der Waals surface area (Å²) in [6.07, 6.45) is 0. The van der Waals surface area contributed by atoms with Crippen LogP contribution in [0.4, 0.5) is 0 Å². The maximum absolute atomic E-state index is 10.9. The van der Waals surface area contributed by atoms with Gasteiger partial charge < -0.3 is 9.52 Å². The topological polar surface area (TPSA) is 50.4 Å². The molecule has 1 N–H and O–H groups in total. The van der Waals surface area contributed by atoms with Crippen LogP contribution in [0, 0.1) is 13.8 Å². The van der Waals surface area contributed by atoms with Gasteiger partial charge in [0.15, 0.2) is 0 Å². The predicted molar refractivity (Wildman–Crippen MR) is 86.0 cm³/mol. The molecule has 0 aliphatic heterocycles. The quantitative estimate of drug-likeness (QED) is 0.744. The van der Waals surface area contributed by atoms with Gasteiger partial charge in [-0.25, -0.2) is 4.79 Å². The Morgan fingerprint density at radius 3 is 2.14 bits per heavy atom. The van der Waals surface area contributed by atoms with Crippen LogP contribution in [0.15, 0.2) is 59.0 Å². The molecule has 0 unspecified atom stereocenters. The fraction of sp³-hybridized carbons (Fsp3) is 0.105. The molecule has 3 rings (SSSR count). The van der Waals surface area contributed by atoms with E-state index in [1.807, 2.05) is 50.2 Å². The van der Waals surface area contributed by atoms with E-state index in [1.54, 1.807) is 12.1 Å². The molecule has 3 nitrogen and oxygen atoms in total. The molecule has 0 radical (unpaired) electrons. The third-order valence-electron chi connectivity index (χ3n) is 3.69. The third kappa shape index (κ3) is 2.66. The first-order valence-electron chi connectivity index (χ1n) is 7.06. The second-order valence-electron chi connectivity index (χ2n) is 5.32. The molecule has 2 aromatic carbocycles. The van der Waals surface area contributed by atoms with Crippen molar-refractivity contribution >= 4 is 5.97 Å². The van der Waals surface area contributed by atoms with Crippen molar-refractivity contribution in [3.63, 3.8) is 0 Å². The summed E-state index contributed by atoms with van der Waals surface area (Å²) in [6, 6.07) is 17.0. The van der Waals surface area contributed by atoms with Crippen molar-refractivity contribution < 1.29 is 14.3 Å². The highest BCUT2D eigenvalue weighted by atomic mass is 16.4. The molecule has 0 bridgehead atoms. The molecule has 110 valence electrons. The molecule has 1 aromatic heterocycles. The molecule has 3 heteroatoms. The smallest absolute Gasteiger partial charge is 0.335 e. The number of benzene rings is 2. The third-order valence-corrected chi connectivity index (χ3v) is 3.69. The standard InChI is InChI=1S/C19H16O3/c1-12-11-16(18-10-3-13(2)22-18)8-9-17(12)14-4-6-15(7-5-14)19(20)21/h3-11H,1-2H3,(H,20,21). The van der Waals surface area contributed by atoms with Crippen LogP contribution in [0.5, 0.6) is 0 Å². The van der Waals surface area contributed by atoms with Gasteiger partial charge in [0.2, 0.25) is 0 Å². The molecule has 0 spiro atoms. The van der Waals surface area contributed by atoms with E-state index in [1.165, 1.54) is 0 Å². The minimum Gasteiger partial charge on any atom is -0.478 e. The zero-order chi connectivity index (χ0) is 15.7. The lowest BCUT2D eigenvalue weighted by Gasteiger charge is -2.08.